The van der Waals surface area contributed by atoms with Gasteiger partial charge in [0.1, 0.15) is 10.9 Å². The normalized spacial score (nSPS) is 10.2. The number of aromatic nitrogens is 2. The summed E-state index contributed by atoms with van der Waals surface area (Å²) < 4.78 is 0. The van der Waals surface area contributed by atoms with Crippen LogP contribution in [0.5, 0.6) is 0 Å². The van der Waals surface area contributed by atoms with Crippen molar-refractivity contribution in [3.63, 3.8) is 0 Å². The third kappa shape index (κ3) is 2.47. The van der Waals surface area contributed by atoms with Crippen molar-refractivity contribution in [2.45, 2.75) is 16.8 Å². The quantitative estimate of drug-likeness (QED) is 0.620. The number of nitrogens with two attached hydrogens (primary N) is 1. The highest BCUT2D eigenvalue weighted by molar-refractivity contribution is 7.99. The molecule has 0 aliphatic rings. The molecule has 15 heavy (non-hydrogen) atoms. The van der Waals surface area contributed by atoms with Gasteiger partial charge in [0, 0.05) is 16.8 Å². The van der Waals surface area contributed by atoms with Crippen molar-refractivity contribution in [1.82, 2.24) is 9.97 Å². The Morgan fingerprint density at radius 3 is 2.73 bits per heavy atom. The maximum Gasteiger partial charge on any atom is 0.126 e. The molecule has 0 atom stereocenters. The van der Waals surface area contributed by atoms with E-state index in [1.54, 1.807) is 18.0 Å². The van der Waals surface area contributed by atoms with E-state index >= 15 is 0 Å². The van der Waals surface area contributed by atoms with E-state index in [1.165, 1.54) is 0 Å². The molecule has 1 heterocycles. The molecule has 0 unspecified atom stereocenters. The molecule has 2 aromatic rings. The van der Waals surface area contributed by atoms with E-state index in [-0.39, 0.29) is 0 Å². The second-order valence-electron chi connectivity index (χ2n) is 3.08. The zero-order valence-corrected chi connectivity index (χ0v) is 9.16. The van der Waals surface area contributed by atoms with E-state index in [9.17, 15) is 0 Å². The zero-order valence-electron chi connectivity index (χ0n) is 8.34. The van der Waals surface area contributed by atoms with Gasteiger partial charge < -0.3 is 5.73 Å². The fourth-order valence-electron chi connectivity index (χ4n) is 1.18. The molecule has 0 spiro atoms. The Morgan fingerprint density at radius 1 is 1.20 bits per heavy atom. The van der Waals surface area contributed by atoms with Crippen LogP contribution < -0.4 is 5.73 Å². The third-order valence-electron chi connectivity index (χ3n) is 1.88. The summed E-state index contributed by atoms with van der Waals surface area (Å²) >= 11 is 1.55. The zero-order chi connectivity index (χ0) is 10.7. The van der Waals surface area contributed by atoms with E-state index in [4.69, 9.17) is 5.73 Å². The first kappa shape index (κ1) is 9.98. The summed E-state index contributed by atoms with van der Waals surface area (Å²) in [6.07, 6.45) is 1.75. The van der Waals surface area contributed by atoms with Gasteiger partial charge >= 0.3 is 0 Å². The first-order chi connectivity index (χ1) is 7.25. The summed E-state index contributed by atoms with van der Waals surface area (Å²) in [7, 11) is 0. The summed E-state index contributed by atoms with van der Waals surface area (Å²) in [4.78, 5) is 9.38. The van der Waals surface area contributed by atoms with Crippen molar-refractivity contribution in [1.29, 1.82) is 0 Å². The van der Waals surface area contributed by atoms with Gasteiger partial charge in [-0.2, -0.15) is 0 Å². The summed E-state index contributed by atoms with van der Waals surface area (Å²) in [5.74, 6) is 0.773. The molecule has 0 fully saturated rings. The Morgan fingerprint density at radius 2 is 2.00 bits per heavy atom. The van der Waals surface area contributed by atoms with Gasteiger partial charge in [-0.15, -0.1) is 0 Å². The number of nitrogens with zero attached hydrogens (tertiary/aromatic N) is 2. The largest absolute Gasteiger partial charge is 0.398 e. The highest BCUT2D eigenvalue weighted by Gasteiger charge is 2.02. The van der Waals surface area contributed by atoms with Gasteiger partial charge in [0.25, 0.3) is 0 Å². The van der Waals surface area contributed by atoms with Crippen LogP contribution in [0.2, 0.25) is 0 Å². The molecule has 76 valence electrons. The average molecular weight is 217 g/mol. The van der Waals surface area contributed by atoms with Crippen LogP contribution in [0.4, 0.5) is 5.69 Å². The lowest BCUT2D eigenvalue weighted by Gasteiger charge is -2.03. The van der Waals surface area contributed by atoms with Crippen molar-refractivity contribution in [3.05, 3.63) is 42.4 Å². The second-order valence-corrected chi connectivity index (χ2v) is 4.14. The van der Waals surface area contributed by atoms with Crippen LogP contribution in [0.15, 0.2) is 46.5 Å². The average Bonchev–Trinajstić information content (AvgIpc) is 2.22. The van der Waals surface area contributed by atoms with E-state index in [0.717, 1.165) is 21.4 Å². The van der Waals surface area contributed by atoms with Crippen LogP contribution in [-0.2, 0) is 0 Å². The predicted octanol–water partition coefficient (Wildman–Crippen LogP) is 2.52. The number of benzene rings is 1. The van der Waals surface area contributed by atoms with Crippen LogP contribution in [0.1, 0.15) is 5.82 Å². The fraction of sp³-hybridized carbons (Fsp3) is 0.0909. The molecule has 0 radical (unpaired) electrons. The van der Waals surface area contributed by atoms with Crippen LogP contribution in [-0.4, -0.2) is 9.97 Å². The Balaban J connectivity index is 2.26. The lowest BCUT2D eigenvalue weighted by Crippen LogP contribution is -1.90. The van der Waals surface area contributed by atoms with Gasteiger partial charge in [0.05, 0.1) is 0 Å². The molecular weight excluding hydrogens is 206 g/mol. The fourth-order valence-corrected chi connectivity index (χ4v) is 2.04. The molecule has 1 aromatic carbocycles. The Bertz CT molecular complexity index is 471. The number of hydrogen-bond acceptors (Lipinski definition) is 4. The number of hydrogen-bond donors (Lipinski definition) is 1. The summed E-state index contributed by atoms with van der Waals surface area (Å²) in [6, 6.07) is 9.63. The van der Waals surface area contributed by atoms with Gasteiger partial charge in [-0.05, 0) is 25.1 Å². The van der Waals surface area contributed by atoms with Gasteiger partial charge in [0.2, 0.25) is 0 Å². The molecule has 2 rings (SSSR count). The van der Waals surface area contributed by atoms with E-state index in [1.807, 2.05) is 37.3 Å². The monoisotopic (exact) mass is 217 g/mol. The first-order valence-corrected chi connectivity index (χ1v) is 5.39. The molecule has 2 N–H and O–H groups in total. The van der Waals surface area contributed by atoms with Gasteiger partial charge in [-0.1, -0.05) is 23.9 Å². The molecule has 0 saturated heterocycles. The number of aryl methyl sites for hydroxylation is 1. The van der Waals surface area contributed by atoms with Crippen LogP contribution in [0.25, 0.3) is 0 Å². The van der Waals surface area contributed by atoms with Crippen LogP contribution >= 0.6 is 11.8 Å². The molecule has 0 amide bonds. The number of nitrogen functional groups attached to an aromatic ring is 1. The van der Waals surface area contributed by atoms with E-state index in [2.05, 4.69) is 9.97 Å². The number of para-hydroxylation sites is 1. The Kier molecular flexibility index (Phi) is 2.87. The predicted molar refractivity (Wildman–Crippen MR) is 61.7 cm³/mol. The second kappa shape index (κ2) is 4.31. The lowest BCUT2D eigenvalue weighted by molar-refractivity contribution is 0.967. The highest BCUT2D eigenvalue weighted by atomic mass is 32.2. The molecule has 3 nitrogen and oxygen atoms in total. The van der Waals surface area contributed by atoms with Gasteiger partial charge in [-0.3, -0.25) is 0 Å². The van der Waals surface area contributed by atoms with Crippen molar-refractivity contribution < 1.29 is 0 Å². The topological polar surface area (TPSA) is 51.8 Å². The minimum Gasteiger partial charge on any atom is -0.398 e. The Labute approximate surface area is 92.8 Å². The van der Waals surface area contributed by atoms with Crippen molar-refractivity contribution in [2.75, 3.05) is 5.73 Å². The van der Waals surface area contributed by atoms with E-state index in [0.29, 0.717) is 0 Å². The van der Waals surface area contributed by atoms with Crippen molar-refractivity contribution >= 4 is 17.4 Å². The minimum atomic E-state index is 0.773. The molecule has 0 saturated carbocycles. The summed E-state index contributed by atoms with van der Waals surface area (Å²) in [6.45, 7) is 1.87. The van der Waals surface area contributed by atoms with Gasteiger partial charge in [-0.25, -0.2) is 9.97 Å². The van der Waals surface area contributed by atoms with Gasteiger partial charge in [0.15, 0.2) is 0 Å². The summed E-state index contributed by atoms with van der Waals surface area (Å²) in [5, 5.41) is 0.917. The Hall–Kier alpha value is -1.55. The molecule has 4 heteroatoms. The summed E-state index contributed by atoms with van der Waals surface area (Å²) in [5.41, 5.74) is 6.62. The third-order valence-corrected chi connectivity index (χ3v) is 2.91. The van der Waals surface area contributed by atoms with Crippen LogP contribution in [0.3, 0.4) is 0 Å². The molecule has 0 aliphatic carbocycles. The molecule has 0 bridgehead atoms. The molecule has 0 aliphatic heterocycles. The maximum atomic E-state index is 5.84. The number of rotatable bonds is 2. The maximum absolute atomic E-state index is 5.84. The smallest absolute Gasteiger partial charge is 0.126 e. The SMILES string of the molecule is Cc1nccc(Sc2ccccc2N)n1. The van der Waals surface area contributed by atoms with E-state index < -0.39 is 0 Å². The molecule has 1 aromatic heterocycles. The first-order valence-electron chi connectivity index (χ1n) is 4.58. The highest BCUT2D eigenvalue weighted by Crippen LogP contribution is 2.29. The number of anilines is 1. The van der Waals surface area contributed by atoms with Crippen molar-refractivity contribution in [3.8, 4) is 0 Å². The van der Waals surface area contributed by atoms with Crippen molar-refractivity contribution in [2.24, 2.45) is 0 Å². The lowest BCUT2D eigenvalue weighted by atomic mass is 10.3. The van der Waals surface area contributed by atoms with Crippen LogP contribution in [0, 0.1) is 6.92 Å². The molecular formula is C11H11N3S. The standard InChI is InChI=1S/C11H11N3S/c1-8-13-7-6-11(14-8)15-10-5-3-2-4-9(10)12/h2-7H,12H2,1H3. The minimum absolute atomic E-state index is 0.773.